The van der Waals surface area contributed by atoms with Crippen LogP contribution in [0, 0.1) is 0 Å². The van der Waals surface area contributed by atoms with E-state index in [4.69, 9.17) is 16.7 Å². The third-order valence-corrected chi connectivity index (χ3v) is 6.18. The van der Waals surface area contributed by atoms with Crippen LogP contribution in [0.25, 0.3) is 0 Å². The van der Waals surface area contributed by atoms with Gasteiger partial charge in [-0.2, -0.15) is 4.31 Å². The number of thiophene rings is 1. The molecule has 0 aliphatic carbocycles. The van der Waals surface area contributed by atoms with Gasteiger partial charge in [0.05, 0.1) is 10.9 Å². The highest BCUT2D eigenvalue weighted by molar-refractivity contribution is 7.91. The molecule has 10 heteroatoms. The number of rotatable bonds is 3. The second kappa shape index (κ2) is 4.65. The Morgan fingerprint density at radius 3 is 2.63 bits per heavy atom. The summed E-state index contributed by atoms with van der Waals surface area (Å²) in [6.45, 7) is -1.14. The Balaban J connectivity index is 2.42. The van der Waals surface area contributed by atoms with Crippen LogP contribution in [0.3, 0.4) is 0 Å². The van der Waals surface area contributed by atoms with E-state index in [1.807, 2.05) is 0 Å². The van der Waals surface area contributed by atoms with Crippen molar-refractivity contribution in [2.24, 2.45) is 0 Å². The first-order valence-electron chi connectivity index (χ1n) is 5.01. The minimum absolute atomic E-state index is 0.177. The molecule has 0 spiro atoms. The van der Waals surface area contributed by atoms with Gasteiger partial charge in [-0.25, -0.2) is 17.2 Å². The van der Waals surface area contributed by atoms with Crippen LogP contribution in [-0.2, 0) is 14.8 Å². The zero-order valence-corrected chi connectivity index (χ0v) is 11.6. The summed E-state index contributed by atoms with van der Waals surface area (Å²) in [5, 5.41) is 8.87. The Morgan fingerprint density at radius 2 is 2.16 bits per heavy atom. The van der Waals surface area contributed by atoms with Gasteiger partial charge in [-0.15, -0.1) is 11.3 Å². The van der Waals surface area contributed by atoms with Gasteiger partial charge < -0.3 is 5.11 Å². The number of halogens is 3. The Kier molecular flexibility index (Phi) is 3.58. The smallest absolute Gasteiger partial charge is 0.322 e. The van der Waals surface area contributed by atoms with Gasteiger partial charge in [0.2, 0.25) is 0 Å². The Morgan fingerprint density at radius 1 is 1.53 bits per heavy atom. The highest BCUT2D eigenvalue weighted by atomic mass is 35.5. The number of carboxylic acids is 1. The molecule has 1 saturated heterocycles. The molecule has 0 amide bonds. The maximum atomic E-state index is 13.3. The lowest BCUT2D eigenvalue weighted by Gasteiger charge is -2.19. The van der Waals surface area contributed by atoms with E-state index in [-0.39, 0.29) is 8.55 Å². The first kappa shape index (κ1) is 14.6. The molecule has 2 rings (SSSR count). The van der Waals surface area contributed by atoms with Crippen LogP contribution >= 0.6 is 22.9 Å². The summed E-state index contributed by atoms with van der Waals surface area (Å²) < 4.78 is 51.0. The lowest BCUT2D eigenvalue weighted by atomic mass is 10.2. The van der Waals surface area contributed by atoms with Gasteiger partial charge in [-0.1, -0.05) is 11.6 Å². The zero-order chi connectivity index (χ0) is 14.4. The van der Waals surface area contributed by atoms with Gasteiger partial charge in [0.15, 0.2) is 0 Å². The van der Waals surface area contributed by atoms with Crippen LogP contribution in [-0.4, -0.2) is 42.3 Å². The predicted octanol–water partition coefficient (Wildman–Crippen LogP) is 1.88. The zero-order valence-electron chi connectivity index (χ0n) is 9.22. The molecule has 2 heterocycles. The van der Waals surface area contributed by atoms with Gasteiger partial charge in [0.25, 0.3) is 15.9 Å². The van der Waals surface area contributed by atoms with Crippen molar-refractivity contribution in [3.8, 4) is 0 Å². The van der Waals surface area contributed by atoms with Crippen LogP contribution in [0.5, 0.6) is 0 Å². The molecule has 1 aliphatic heterocycles. The molecule has 0 aromatic carbocycles. The fraction of sp³-hybridized carbons (Fsp3) is 0.444. The van der Waals surface area contributed by atoms with Crippen molar-refractivity contribution in [1.82, 2.24) is 4.31 Å². The van der Waals surface area contributed by atoms with Crippen molar-refractivity contribution < 1.29 is 27.1 Å². The number of hydrogen-bond acceptors (Lipinski definition) is 4. The second-order valence-electron chi connectivity index (χ2n) is 4.02. The Labute approximate surface area is 116 Å². The average molecular weight is 332 g/mol. The molecular formula is C9H8ClF2NO4S2. The van der Waals surface area contributed by atoms with Crippen LogP contribution in [0.1, 0.15) is 6.42 Å². The van der Waals surface area contributed by atoms with E-state index >= 15 is 0 Å². The Bertz CT molecular complexity index is 615. The standard InChI is InChI=1S/C9H8ClF2NO4S2/c10-6-1-2-7(18-6)19(16,17)13-4-9(11,12)3-5(13)8(14)15/h1-2,5H,3-4H2,(H,14,15)/t5-/m0/s1. The van der Waals surface area contributed by atoms with Crippen molar-refractivity contribution >= 4 is 38.9 Å². The molecule has 1 aliphatic rings. The molecule has 1 aromatic heterocycles. The second-order valence-corrected chi connectivity index (χ2v) is 7.86. The molecule has 0 radical (unpaired) electrons. The first-order chi connectivity index (χ1) is 8.63. The molecule has 1 N–H and O–H groups in total. The van der Waals surface area contributed by atoms with Gasteiger partial charge in [-0.3, -0.25) is 4.79 Å². The summed E-state index contributed by atoms with van der Waals surface area (Å²) in [5.74, 6) is -4.94. The summed E-state index contributed by atoms with van der Waals surface area (Å²) in [4.78, 5) is 10.9. The number of carboxylic acid groups (broad SMARTS) is 1. The summed E-state index contributed by atoms with van der Waals surface area (Å²) in [5.41, 5.74) is 0. The Hall–Kier alpha value is -0.770. The topological polar surface area (TPSA) is 74.7 Å². The summed E-state index contributed by atoms with van der Waals surface area (Å²) in [7, 11) is -4.28. The minimum atomic E-state index is -4.28. The quantitative estimate of drug-likeness (QED) is 0.917. The summed E-state index contributed by atoms with van der Waals surface area (Å²) >= 11 is 6.29. The molecule has 106 valence electrons. The number of sulfonamides is 1. The van der Waals surface area contributed by atoms with E-state index in [2.05, 4.69) is 0 Å². The number of carbonyl (C=O) groups is 1. The monoisotopic (exact) mass is 331 g/mol. The molecular weight excluding hydrogens is 324 g/mol. The number of aliphatic carboxylic acids is 1. The van der Waals surface area contributed by atoms with Gasteiger partial charge >= 0.3 is 5.97 Å². The maximum Gasteiger partial charge on any atom is 0.322 e. The fourth-order valence-electron chi connectivity index (χ4n) is 1.80. The average Bonchev–Trinajstić information content (AvgIpc) is 2.82. The van der Waals surface area contributed by atoms with Crippen LogP contribution in [0.2, 0.25) is 4.34 Å². The molecule has 0 bridgehead atoms. The molecule has 1 atom stereocenters. The van der Waals surface area contributed by atoms with E-state index in [0.717, 1.165) is 6.07 Å². The lowest BCUT2D eigenvalue weighted by Crippen LogP contribution is -2.40. The van der Waals surface area contributed by atoms with E-state index in [1.165, 1.54) is 6.07 Å². The molecule has 5 nitrogen and oxygen atoms in total. The van der Waals surface area contributed by atoms with Crippen molar-refractivity contribution in [3.05, 3.63) is 16.5 Å². The van der Waals surface area contributed by atoms with E-state index in [9.17, 15) is 22.0 Å². The third kappa shape index (κ3) is 2.73. The van der Waals surface area contributed by atoms with Gasteiger partial charge in [-0.05, 0) is 12.1 Å². The maximum absolute atomic E-state index is 13.3. The molecule has 1 aromatic rings. The molecule has 0 unspecified atom stereocenters. The SMILES string of the molecule is O=C(O)[C@@H]1CC(F)(F)CN1S(=O)(=O)c1ccc(Cl)s1. The number of nitrogens with zero attached hydrogens (tertiary/aromatic N) is 1. The number of alkyl halides is 2. The summed E-state index contributed by atoms with van der Waals surface area (Å²) in [6.07, 6.45) is -1.03. The molecule has 19 heavy (non-hydrogen) atoms. The van der Waals surface area contributed by atoms with Crippen LogP contribution in [0.4, 0.5) is 8.78 Å². The first-order valence-corrected chi connectivity index (χ1v) is 7.65. The van der Waals surface area contributed by atoms with Crippen molar-refractivity contribution in [2.75, 3.05) is 6.54 Å². The van der Waals surface area contributed by atoms with Crippen molar-refractivity contribution in [3.63, 3.8) is 0 Å². The highest BCUT2D eigenvalue weighted by Crippen LogP contribution is 2.38. The van der Waals surface area contributed by atoms with Crippen LogP contribution in [0.15, 0.2) is 16.3 Å². The minimum Gasteiger partial charge on any atom is -0.480 e. The van der Waals surface area contributed by atoms with Crippen LogP contribution < -0.4 is 0 Å². The molecule has 1 fully saturated rings. The van der Waals surface area contributed by atoms with E-state index in [0.29, 0.717) is 15.6 Å². The van der Waals surface area contributed by atoms with Gasteiger partial charge in [0.1, 0.15) is 10.3 Å². The highest BCUT2D eigenvalue weighted by Gasteiger charge is 2.53. The summed E-state index contributed by atoms with van der Waals surface area (Å²) in [6, 6.07) is 0.710. The van der Waals surface area contributed by atoms with Crippen molar-refractivity contribution in [2.45, 2.75) is 22.6 Å². The lowest BCUT2D eigenvalue weighted by molar-refractivity contribution is -0.141. The third-order valence-electron chi connectivity index (χ3n) is 2.62. The fourth-order valence-corrected chi connectivity index (χ4v) is 5.02. The number of hydrogen-bond donors (Lipinski definition) is 1. The normalized spacial score (nSPS) is 23.6. The largest absolute Gasteiger partial charge is 0.480 e. The van der Waals surface area contributed by atoms with Gasteiger partial charge in [0, 0.05) is 6.42 Å². The van der Waals surface area contributed by atoms with E-state index < -0.39 is 40.9 Å². The van der Waals surface area contributed by atoms with E-state index in [1.54, 1.807) is 0 Å². The molecule has 0 saturated carbocycles. The predicted molar refractivity (Wildman–Crippen MR) is 64.2 cm³/mol. The van der Waals surface area contributed by atoms with Crippen molar-refractivity contribution in [1.29, 1.82) is 0 Å².